The first-order valence-corrected chi connectivity index (χ1v) is 7.49. The molecule has 0 unspecified atom stereocenters. The molecule has 0 atom stereocenters. The lowest BCUT2D eigenvalue weighted by atomic mass is 9.93. The molecule has 23 heavy (non-hydrogen) atoms. The maximum Gasteiger partial charge on any atom is 0.231 e. The highest BCUT2D eigenvalue weighted by Gasteiger charge is 2.42. The van der Waals surface area contributed by atoms with Gasteiger partial charge in [-0.1, -0.05) is 24.3 Å². The molecule has 1 aliphatic rings. The number of hydrogen-bond donors (Lipinski definition) is 0. The van der Waals surface area contributed by atoms with Crippen LogP contribution in [0.3, 0.4) is 0 Å². The number of Topliss-reactive ketones (excluding diaryl/α,β-unsaturated/α-hetero) is 1. The van der Waals surface area contributed by atoms with Crippen LogP contribution in [0.2, 0.25) is 0 Å². The molecule has 0 N–H and O–H groups in total. The average molecular weight is 316 g/mol. The number of hydrogen-bond acceptors (Lipinski definition) is 5. The summed E-state index contributed by atoms with van der Waals surface area (Å²) in [6.07, 6.45) is 0. The molecule has 1 saturated heterocycles. The first kappa shape index (κ1) is 15.8. The van der Waals surface area contributed by atoms with Crippen molar-refractivity contribution < 1.29 is 23.7 Å². The Kier molecular flexibility index (Phi) is 4.00. The standard InChI is InChI=1S/C18H20O5/c1-11-14(17(19)18(2)22-9-10-23-18)16(21-4)13-8-6-5-7-12(13)15(11)20-3/h5-8H,9-10H2,1-4H3. The van der Waals surface area contributed by atoms with Crippen molar-refractivity contribution in [3.63, 3.8) is 0 Å². The van der Waals surface area contributed by atoms with Crippen LogP contribution >= 0.6 is 0 Å². The van der Waals surface area contributed by atoms with E-state index in [4.69, 9.17) is 18.9 Å². The van der Waals surface area contributed by atoms with Gasteiger partial charge in [-0.3, -0.25) is 4.79 Å². The monoisotopic (exact) mass is 316 g/mol. The van der Waals surface area contributed by atoms with Gasteiger partial charge in [-0.15, -0.1) is 0 Å². The molecule has 1 heterocycles. The SMILES string of the molecule is COc1c(C)c(C(=O)C2(C)OCCO2)c(OC)c2ccccc12. The van der Waals surface area contributed by atoms with Gasteiger partial charge in [-0.05, 0) is 13.8 Å². The smallest absolute Gasteiger partial charge is 0.231 e. The number of ketones is 1. The van der Waals surface area contributed by atoms with Gasteiger partial charge in [0.25, 0.3) is 0 Å². The van der Waals surface area contributed by atoms with E-state index in [1.54, 1.807) is 21.1 Å². The van der Waals surface area contributed by atoms with E-state index < -0.39 is 5.79 Å². The van der Waals surface area contributed by atoms with E-state index in [2.05, 4.69) is 0 Å². The third-order valence-corrected chi connectivity index (χ3v) is 4.25. The average Bonchev–Trinajstić information content (AvgIpc) is 3.01. The van der Waals surface area contributed by atoms with Gasteiger partial charge in [0.2, 0.25) is 11.6 Å². The third kappa shape index (κ3) is 2.36. The van der Waals surface area contributed by atoms with Crippen LogP contribution in [0.15, 0.2) is 24.3 Å². The van der Waals surface area contributed by atoms with Gasteiger partial charge >= 0.3 is 0 Å². The van der Waals surface area contributed by atoms with Gasteiger partial charge in [-0.2, -0.15) is 0 Å². The van der Waals surface area contributed by atoms with Crippen molar-refractivity contribution in [3.8, 4) is 11.5 Å². The van der Waals surface area contributed by atoms with Crippen LogP contribution in [-0.2, 0) is 9.47 Å². The number of benzene rings is 2. The van der Waals surface area contributed by atoms with Crippen molar-refractivity contribution in [2.75, 3.05) is 27.4 Å². The van der Waals surface area contributed by atoms with Crippen molar-refractivity contribution in [1.29, 1.82) is 0 Å². The molecule has 0 radical (unpaired) electrons. The fourth-order valence-corrected chi connectivity index (χ4v) is 3.12. The summed E-state index contributed by atoms with van der Waals surface area (Å²) < 4.78 is 22.2. The maximum absolute atomic E-state index is 13.1. The predicted octanol–water partition coefficient (Wildman–Crippen LogP) is 3.11. The lowest BCUT2D eigenvalue weighted by molar-refractivity contribution is -0.105. The number of carbonyl (C=O) groups is 1. The summed E-state index contributed by atoms with van der Waals surface area (Å²) in [5.74, 6) is -0.366. The number of methoxy groups -OCH3 is 2. The molecule has 5 nitrogen and oxygen atoms in total. The highest BCUT2D eigenvalue weighted by atomic mass is 16.7. The fourth-order valence-electron chi connectivity index (χ4n) is 3.12. The molecule has 122 valence electrons. The van der Waals surface area contributed by atoms with Crippen LogP contribution in [0.5, 0.6) is 11.5 Å². The molecule has 0 aliphatic carbocycles. The van der Waals surface area contributed by atoms with E-state index in [9.17, 15) is 4.79 Å². The number of rotatable bonds is 4. The van der Waals surface area contributed by atoms with Gasteiger partial charge in [0.15, 0.2) is 0 Å². The van der Waals surface area contributed by atoms with Crippen LogP contribution < -0.4 is 9.47 Å². The fraction of sp³-hybridized carbons (Fsp3) is 0.389. The zero-order valence-electron chi connectivity index (χ0n) is 13.8. The normalized spacial score (nSPS) is 16.5. The van der Waals surface area contributed by atoms with Crippen LogP contribution in [0.4, 0.5) is 0 Å². The van der Waals surface area contributed by atoms with E-state index in [-0.39, 0.29) is 5.78 Å². The van der Waals surface area contributed by atoms with Gasteiger partial charge in [0.1, 0.15) is 11.5 Å². The summed E-state index contributed by atoms with van der Waals surface area (Å²) in [7, 11) is 3.16. The van der Waals surface area contributed by atoms with Crippen molar-refractivity contribution in [1.82, 2.24) is 0 Å². The second kappa shape index (κ2) is 5.83. The summed E-state index contributed by atoms with van der Waals surface area (Å²) in [6, 6.07) is 7.68. The van der Waals surface area contributed by atoms with Crippen molar-refractivity contribution >= 4 is 16.6 Å². The molecule has 0 bridgehead atoms. The summed E-state index contributed by atoms with van der Waals surface area (Å²) in [6.45, 7) is 4.28. The van der Waals surface area contributed by atoms with E-state index in [0.717, 1.165) is 10.8 Å². The maximum atomic E-state index is 13.1. The first-order valence-electron chi connectivity index (χ1n) is 7.49. The lowest BCUT2D eigenvalue weighted by Crippen LogP contribution is -2.37. The molecule has 1 aliphatic heterocycles. The van der Waals surface area contributed by atoms with Gasteiger partial charge in [0.05, 0.1) is 33.0 Å². The lowest BCUT2D eigenvalue weighted by Gasteiger charge is -2.24. The molecule has 3 rings (SSSR count). The Bertz CT molecular complexity index is 760. The topological polar surface area (TPSA) is 54.0 Å². The Labute approximate surface area is 135 Å². The highest BCUT2D eigenvalue weighted by molar-refractivity contribution is 6.11. The minimum atomic E-state index is -1.29. The van der Waals surface area contributed by atoms with E-state index in [1.807, 2.05) is 31.2 Å². The Balaban J connectivity index is 2.31. The van der Waals surface area contributed by atoms with E-state index in [0.29, 0.717) is 35.8 Å². The minimum Gasteiger partial charge on any atom is -0.496 e. The molecule has 5 heteroatoms. The van der Waals surface area contributed by atoms with Crippen LogP contribution in [0.1, 0.15) is 22.8 Å². The second-order valence-corrected chi connectivity index (χ2v) is 5.58. The molecule has 2 aromatic carbocycles. The first-order chi connectivity index (χ1) is 11.0. The Hall–Kier alpha value is -2.11. The van der Waals surface area contributed by atoms with Gasteiger partial charge in [-0.25, -0.2) is 0 Å². The Morgan fingerprint density at radius 2 is 1.57 bits per heavy atom. The Morgan fingerprint density at radius 1 is 1.04 bits per heavy atom. The zero-order valence-corrected chi connectivity index (χ0v) is 13.8. The zero-order chi connectivity index (χ0) is 16.6. The molecule has 1 fully saturated rings. The largest absolute Gasteiger partial charge is 0.496 e. The summed E-state index contributed by atoms with van der Waals surface area (Å²) >= 11 is 0. The molecule has 0 amide bonds. The number of carbonyl (C=O) groups excluding carboxylic acids is 1. The van der Waals surface area contributed by atoms with E-state index in [1.165, 1.54) is 0 Å². The van der Waals surface area contributed by atoms with Crippen LogP contribution in [0, 0.1) is 6.92 Å². The van der Waals surface area contributed by atoms with Crippen molar-refractivity contribution in [2.45, 2.75) is 19.6 Å². The molecular weight excluding hydrogens is 296 g/mol. The third-order valence-electron chi connectivity index (χ3n) is 4.25. The molecule has 0 spiro atoms. The predicted molar refractivity (Wildman–Crippen MR) is 86.4 cm³/mol. The number of fused-ring (bicyclic) bond motifs is 1. The van der Waals surface area contributed by atoms with Crippen molar-refractivity contribution in [2.24, 2.45) is 0 Å². The molecule has 0 saturated carbocycles. The van der Waals surface area contributed by atoms with Gasteiger partial charge in [0, 0.05) is 16.3 Å². The van der Waals surface area contributed by atoms with E-state index >= 15 is 0 Å². The van der Waals surface area contributed by atoms with Crippen molar-refractivity contribution in [3.05, 3.63) is 35.4 Å². The molecular formula is C18H20O5. The summed E-state index contributed by atoms with van der Waals surface area (Å²) in [5.41, 5.74) is 1.15. The Morgan fingerprint density at radius 3 is 2.09 bits per heavy atom. The highest BCUT2D eigenvalue weighted by Crippen LogP contribution is 2.42. The summed E-state index contributed by atoms with van der Waals surface area (Å²) in [4.78, 5) is 13.1. The quantitative estimate of drug-likeness (QED) is 0.811. The second-order valence-electron chi connectivity index (χ2n) is 5.58. The van der Waals surface area contributed by atoms with Crippen LogP contribution in [-0.4, -0.2) is 39.0 Å². The van der Waals surface area contributed by atoms with Gasteiger partial charge < -0.3 is 18.9 Å². The molecule has 0 aromatic heterocycles. The number of ether oxygens (including phenoxy) is 4. The molecule has 2 aromatic rings. The summed E-state index contributed by atoms with van der Waals surface area (Å²) in [5, 5.41) is 1.72. The minimum absolute atomic E-state index is 0.256. The van der Waals surface area contributed by atoms with Crippen LogP contribution in [0.25, 0.3) is 10.8 Å².